The maximum atomic E-state index is 5.51. The number of H-pyrrole nitrogens is 2. The van der Waals surface area contributed by atoms with Gasteiger partial charge in [0.15, 0.2) is 5.65 Å². The summed E-state index contributed by atoms with van der Waals surface area (Å²) >= 11 is 5.02. The van der Waals surface area contributed by atoms with Gasteiger partial charge in [0.2, 0.25) is 0 Å². The number of fused-ring (bicyclic) bond motifs is 1. The van der Waals surface area contributed by atoms with Gasteiger partial charge in [0.05, 0.1) is 10.8 Å². The minimum atomic E-state index is 0.537. The summed E-state index contributed by atoms with van der Waals surface area (Å²) in [5.74, 6) is 0.537. The summed E-state index contributed by atoms with van der Waals surface area (Å²) in [6.07, 6.45) is 1.58. The van der Waals surface area contributed by atoms with Crippen molar-refractivity contribution in [1.82, 2.24) is 15.0 Å². The van der Waals surface area contributed by atoms with E-state index in [0.717, 1.165) is 5.52 Å². The highest BCUT2D eigenvalue weighted by Crippen LogP contribution is 2.10. The van der Waals surface area contributed by atoms with E-state index < -0.39 is 0 Å². The summed E-state index contributed by atoms with van der Waals surface area (Å²) < 4.78 is 0.689. The molecule has 2 aromatic heterocycles. The van der Waals surface area contributed by atoms with Crippen molar-refractivity contribution in [3.8, 4) is 0 Å². The van der Waals surface area contributed by atoms with E-state index in [1.807, 2.05) is 0 Å². The maximum Gasteiger partial charge on any atom is 0.158 e. The lowest BCUT2D eigenvalue weighted by molar-refractivity contribution is 1.31. The lowest BCUT2D eigenvalue weighted by Crippen LogP contribution is -1.89. The summed E-state index contributed by atoms with van der Waals surface area (Å²) in [6.45, 7) is 0. The Labute approximate surface area is 67.5 Å². The van der Waals surface area contributed by atoms with Crippen LogP contribution in [0.25, 0.3) is 11.2 Å². The SMILES string of the molecule is Nc1cc(=S)c2[nH]cnc2[nH]1. The second-order valence-corrected chi connectivity index (χ2v) is 2.65. The Bertz CT molecular complexity index is 441. The molecule has 0 fully saturated rings. The van der Waals surface area contributed by atoms with Gasteiger partial charge in [0.25, 0.3) is 0 Å². The first-order chi connectivity index (χ1) is 5.27. The van der Waals surface area contributed by atoms with Crippen molar-refractivity contribution < 1.29 is 0 Å². The monoisotopic (exact) mass is 166 g/mol. The van der Waals surface area contributed by atoms with Crippen LogP contribution in [0.5, 0.6) is 0 Å². The fourth-order valence-electron chi connectivity index (χ4n) is 0.963. The number of aromatic nitrogens is 3. The van der Waals surface area contributed by atoms with Crippen LogP contribution >= 0.6 is 12.2 Å². The molecular weight excluding hydrogens is 160 g/mol. The number of anilines is 1. The van der Waals surface area contributed by atoms with E-state index in [1.165, 1.54) is 0 Å². The molecule has 2 aromatic rings. The van der Waals surface area contributed by atoms with Crippen LogP contribution in [0.2, 0.25) is 0 Å². The Morgan fingerprint density at radius 2 is 2.36 bits per heavy atom. The van der Waals surface area contributed by atoms with E-state index in [0.29, 0.717) is 16.0 Å². The molecular formula is C6H6N4S. The van der Waals surface area contributed by atoms with Crippen molar-refractivity contribution in [1.29, 1.82) is 0 Å². The predicted molar refractivity (Wildman–Crippen MR) is 45.7 cm³/mol. The standard InChI is InChI=1S/C6H6N4S/c7-4-1-3(11)5-6(10-4)9-2-8-5/h1-2H,(H4,7,8,9,10,11). The smallest absolute Gasteiger partial charge is 0.158 e. The van der Waals surface area contributed by atoms with Gasteiger partial charge in [-0.3, -0.25) is 0 Å². The molecule has 0 aliphatic carbocycles. The third-order valence-corrected chi connectivity index (χ3v) is 1.76. The highest BCUT2D eigenvalue weighted by molar-refractivity contribution is 7.71. The van der Waals surface area contributed by atoms with Crippen LogP contribution in [0.3, 0.4) is 0 Å². The normalized spacial score (nSPS) is 10.5. The maximum absolute atomic E-state index is 5.51. The van der Waals surface area contributed by atoms with Gasteiger partial charge < -0.3 is 15.7 Å². The second kappa shape index (κ2) is 2.06. The topological polar surface area (TPSA) is 70.5 Å². The average molecular weight is 166 g/mol. The number of nitrogen functional groups attached to an aromatic ring is 1. The molecule has 0 unspecified atom stereocenters. The summed E-state index contributed by atoms with van der Waals surface area (Å²) in [4.78, 5) is 9.77. The molecule has 5 heteroatoms. The van der Waals surface area contributed by atoms with Gasteiger partial charge >= 0.3 is 0 Å². The van der Waals surface area contributed by atoms with Crippen LogP contribution in [0, 0.1) is 4.51 Å². The molecule has 0 spiro atoms. The quantitative estimate of drug-likeness (QED) is 0.515. The van der Waals surface area contributed by atoms with Crippen LogP contribution in [0.15, 0.2) is 12.4 Å². The fourth-order valence-corrected chi connectivity index (χ4v) is 1.25. The van der Waals surface area contributed by atoms with E-state index in [1.54, 1.807) is 12.4 Å². The summed E-state index contributed by atoms with van der Waals surface area (Å²) in [6, 6.07) is 1.69. The van der Waals surface area contributed by atoms with Crippen LogP contribution in [0.1, 0.15) is 0 Å². The largest absolute Gasteiger partial charge is 0.385 e. The molecule has 0 saturated carbocycles. The number of pyridine rings is 1. The van der Waals surface area contributed by atoms with Crippen LogP contribution < -0.4 is 5.73 Å². The van der Waals surface area contributed by atoms with Gasteiger partial charge in [-0.2, -0.15) is 0 Å². The zero-order chi connectivity index (χ0) is 7.84. The van der Waals surface area contributed by atoms with E-state index in [-0.39, 0.29) is 0 Å². The summed E-state index contributed by atoms with van der Waals surface area (Å²) in [5, 5.41) is 0. The minimum absolute atomic E-state index is 0.537. The molecule has 0 radical (unpaired) electrons. The van der Waals surface area contributed by atoms with Crippen molar-refractivity contribution in [2.75, 3.05) is 5.73 Å². The van der Waals surface area contributed by atoms with Gasteiger partial charge in [0, 0.05) is 0 Å². The number of nitrogens with two attached hydrogens (primary N) is 1. The molecule has 0 aromatic carbocycles. The zero-order valence-corrected chi connectivity index (χ0v) is 6.40. The molecule has 4 N–H and O–H groups in total. The van der Waals surface area contributed by atoms with Crippen molar-refractivity contribution in [3.63, 3.8) is 0 Å². The van der Waals surface area contributed by atoms with Gasteiger partial charge in [-0.25, -0.2) is 4.98 Å². The number of imidazole rings is 1. The van der Waals surface area contributed by atoms with Gasteiger partial charge in [-0.05, 0) is 6.07 Å². The molecule has 56 valence electrons. The molecule has 0 amide bonds. The average Bonchev–Trinajstić information content (AvgIpc) is 2.34. The van der Waals surface area contributed by atoms with Gasteiger partial charge in [-0.1, -0.05) is 12.2 Å². The van der Waals surface area contributed by atoms with Crippen LogP contribution in [-0.4, -0.2) is 15.0 Å². The highest BCUT2D eigenvalue weighted by atomic mass is 32.1. The Morgan fingerprint density at radius 1 is 1.55 bits per heavy atom. The zero-order valence-electron chi connectivity index (χ0n) is 5.59. The van der Waals surface area contributed by atoms with E-state index >= 15 is 0 Å². The lowest BCUT2D eigenvalue weighted by atomic mass is 10.4. The molecule has 0 atom stereocenters. The Hall–Kier alpha value is -1.36. The Balaban J connectivity index is 3.02. The second-order valence-electron chi connectivity index (χ2n) is 2.22. The van der Waals surface area contributed by atoms with Gasteiger partial charge in [0.1, 0.15) is 11.3 Å². The van der Waals surface area contributed by atoms with Crippen LogP contribution in [0.4, 0.5) is 5.82 Å². The Kier molecular flexibility index (Phi) is 1.19. The first kappa shape index (κ1) is 6.36. The molecule has 4 nitrogen and oxygen atoms in total. The van der Waals surface area contributed by atoms with Crippen molar-refractivity contribution in [2.24, 2.45) is 0 Å². The molecule has 0 bridgehead atoms. The number of hydrogen-bond acceptors (Lipinski definition) is 3. The first-order valence-corrected chi connectivity index (χ1v) is 3.50. The number of aromatic amines is 2. The Morgan fingerprint density at radius 3 is 3.18 bits per heavy atom. The third kappa shape index (κ3) is 0.894. The highest BCUT2D eigenvalue weighted by Gasteiger charge is 1.97. The molecule has 2 rings (SSSR count). The van der Waals surface area contributed by atoms with E-state index in [9.17, 15) is 0 Å². The summed E-state index contributed by atoms with van der Waals surface area (Å²) in [5.41, 5.74) is 7.04. The molecule has 0 aliphatic rings. The van der Waals surface area contributed by atoms with E-state index in [4.69, 9.17) is 18.0 Å². The molecule has 0 saturated heterocycles. The fraction of sp³-hybridized carbons (Fsp3) is 0. The van der Waals surface area contributed by atoms with E-state index in [2.05, 4.69) is 15.0 Å². The molecule has 2 heterocycles. The molecule has 11 heavy (non-hydrogen) atoms. The first-order valence-electron chi connectivity index (χ1n) is 3.09. The van der Waals surface area contributed by atoms with Crippen molar-refractivity contribution in [2.45, 2.75) is 0 Å². The van der Waals surface area contributed by atoms with Crippen molar-refractivity contribution >= 4 is 29.2 Å². The molecule has 0 aliphatic heterocycles. The number of rotatable bonds is 0. The third-order valence-electron chi connectivity index (χ3n) is 1.44. The number of nitrogens with one attached hydrogen (secondary N) is 2. The predicted octanol–water partition coefficient (Wildman–Crippen LogP) is 1.20. The van der Waals surface area contributed by atoms with Crippen molar-refractivity contribution in [3.05, 3.63) is 16.9 Å². The summed E-state index contributed by atoms with van der Waals surface area (Å²) in [7, 11) is 0. The van der Waals surface area contributed by atoms with Gasteiger partial charge in [-0.15, -0.1) is 0 Å². The lowest BCUT2D eigenvalue weighted by Gasteiger charge is -1.92. The van der Waals surface area contributed by atoms with Crippen LogP contribution in [-0.2, 0) is 0 Å². The minimum Gasteiger partial charge on any atom is -0.385 e. The number of nitrogens with zero attached hydrogens (tertiary/aromatic N) is 1. The number of hydrogen-bond donors (Lipinski definition) is 3.